The molecule has 0 unspecified atom stereocenters. The molecule has 176 valence electrons. The number of fused-ring (bicyclic) bond motifs is 1. The largest absolute Gasteiger partial charge is 0.493 e. The number of ether oxygens (including phenoxy) is 2. The van der Waals surface area contributed by atoms with E-state index in [4.69, 9.17) is 21.1 Å². The van der Waals surface area contributed by atoms with Gasteiger partial charge in [-0.3, -0.25) is 18.7 Å². The smallest absolute Gasteiger partial charge is 0.331 e. The summed E-state index contributed by atoms with van der Waals surface area (Å²) in [5.74, 6) is 0.532. The number of aryl methyl sites for hydroxylation is 1. The number of nitrogens with one attached hydrogen (secondary N) is 2. The third-order valence-corrected chi connectivity index (χ3v) is 5.74. The van der Waals surface area contributed by atoms with Crippen LogP contribution in [0.5, 0.6) is 11.5 Å². The van der Waals surface area contributed by atoms with Crippen molar-refractivity contribution < 1.29 is 14.3 Å². The quantitative estimate of drug-likeness (QED) is 0.421. The lowest BCUT2D eigenvalue weighted by molar-refractivity contribution is -0.123. The predicted octanol–water partition coefficient (Wildman–Crippen LogP) is 2.59. The highest BCUT2D eigenvalue weighted by atomic mass is 35.5. The van der Waals surface area contributed by atoms with Crippen molar-refractivity contribution in [3.63, 3.8) is 0 Å². The summed E-state index contributed by atoms with van der Waals surface area (Å²) < 4.78 is 13.6. The topological polar surface area (TPSA) is 107 Å². The van der Waals surface area contributed by atoms with E-state index in [1.54, 1.807) is 43.4 Å². The van der Waals surface area contributed by atoms with E-state index >= 15 is 0 Å². The number of amides is 1. The molecule has 0 fully saturated rings. The fourth-order valence-electron chi connectivity index (χ4n) is 3.56. The second-order valence-electron chi connectivity index (χ2n) is 7.71. The van der Waals surface area contributed by atoms with Crippen LogP contribution in [0.2, 0.25) is 5.02 Å². The molecular weight excluding hydrogens is 460 g/mol. The number of nitrogens with zero attached hydrogens (tertiary/aromatic N) is 2. The van der Waals surface area contributed by atoms with E-state index in [0.717, 1.165) is 15.7 Å². The molecule has 10 heteroatoms. The lowest BCUT2D eigenvalue weighted by Gasteiger charge is -2.12. The van der Waals surface area contributed by atoms with Crippen molar-refractivity contribution in [2.45, 2.75) is 6.54 Å². The van der Waals surface area contributed by atoms with E-state index in [1.165, 1.54) is 18.7 Å². The van der Waals surface area contributed by atoms with Gasteiger partial charge in [-0.25, -0.2) is 4.79 Å². The Hall–Kier alpha value is -3.98. The Bertz CT molecular complexity index is 1480. The first-order valence-electron chi connectivity index (χ1n) is 10.4. The third kappa shape index (κ3) is 4.55. The summed E-state index contributed by atoms with van der Waals surface area (Å²) in [6, 6.07) is 14.1. The zero-order valence-electron chi connectivity index (χ0n) is 18.8. The van der Waals surface area contributed by atoms with Gasteiger partial charge in [-0.1, -0.05) is 23.7 Å². The zero-order valence-corrected chi connectivity index (χ0v) is 19.6. The van der Waals surface area contributed by atoms with Crippen LogP contribution >= 0.6 is 11.6 Å². The number of rotatable bonds is 7. The molecule has 0 atom stereocenters. The van der Waals surface area contributed by atoms with Gasteiger partial charge in [0, 0.05) is 36.9 Å². The molecule has 1 amide bonds. The van der Waals surface area contributed by atoms with Crippen LogP contribution in [0.15, 0.2) is 58.1 Å². The van der Waals surface area contributed by atoms with Gasteiger partial charge in [-0.2, -0.15) is 0 Å². The Morgan fingerprint density at radius 2 is 1.76 bits per heavy atom. The minimum atomic E-state index is -0.404. The lowest BCUT2D eigenvalue weighted by Crippen LogP contribution is -2.36. The van der Waals surface area contributed by atoms with E-state index < -0.39 is 11.2 Å². The summed E-state index contributed by atoms with van der Waals surface area (Å²) in [4.78, 5) is 39.9. The van der Waals surface area contributed by atoms with E-state index in [0.29, 0.717) is 39.8 Å². The SMILES string of the molecule is COc1cc(-c2cc3c([nH]2)c(=O)n(C)c(=O)n3C)ccc1OCC(=O)NCc1ccc(Cl)cc1. The first kappa shape index (κ1) is 23.2. The first-order valence-corrected chi connectivity index (χ1v) is 10.8. The van der Waals surface area contributed by atoms with Gasteiger partial charge in [0.05, 0.1) is 12.6 Å². The second-order valence-corrected chi connectivity index (χ2v) is 8.14. The molecule has 2 N–H and O–H groups in total. The minimum absolute atomic E-state index is 0.187. The van der Waals surface area contributed by atoms with Crippen LogP contribution in [0.4, 0.5) is 0 Å². The van der Waals surface area contributed by atoms with Crippen LogP contribution in [0.3, 0.4) is 0 Å². The summed E-state index contributed by atoms with van der Waals surface area (Å²) in [5.41, 5.74) is 2.31. The number of aromatic nitrogens is 3. The molecule has 0 saturated carbocycles. The zero-order chi connectivity index (χ0) is 24.4. The third-order valence-electron chi connectivity index (χ3n) is 5.49. The van der Waals surface area contributed by atoms with Gasteiger partial charge in [0.15, 0.2) is 18.1 Å². The number of carbonyl (C=O) groups is 1. The highest BCUT2D eigenvalue weighted by molar-refractivity contribution is 6.30. The molecule has 4 aromatic rings. The summed E-state index contributed by atoms with van der Waals surface area (Å²) in [7, 11) is 4.54. The normalized spacial score (nSPS) is 10.9. The number of aromatic amines is 1. The molecule has 0 spiro atoms. The molecule has 34 heavy (non-hydrogen) atoms. The molecular formula is C24H23ClN4O5. The average molecular weight is 483 g/mol. The van der Waals surface area contributed by atoms with Crippen LogP contribution in [-0.2, 0) is 25.4 Å². The number of carbonyl (C=O) groups excluding carboxylic acids is 1. The maximum atomic E-state index is 12.5. The maximum Gasteiger partial charge on any atom is 0.331 e. The summed E-state index contributed by atoms with van der Waals surface area (Å²) in [6.45, 7) is 0.172. The predicted molar refractivity (Wildman–Crippen MR) is 130 cm³/mol. The monoisotopic (exact) mass is 482 g/mol. The summed E-state index contributed by atoms with van der Waals surface area (Å²) in [6.07, 6.45) is 0. The van der Waals surface area contributed by atoms with Gasteiger partial charge in [-0.15, -0.1) is 0 Å². The van der Waals surface area contributed by atoms with Crippen LogP contribution in [0.1, 0.15) is 5.56 Å². The molecule has 0 aliphatic heterocycles. The van der Waals surface area contributed by atoms with E-state index in [1.807, 2.05) is 12.1 Å². The van der Waals surface area contributed by atoms with Crippen molar-refractivity contribution >= 4 is 28.5 Å². The van der Waals surface area contributed by atoms with Gasteiger partial charge in [-0.05, 0) is 42.0 Å². The number of hydrogen-bond donors (Lipinski definition) is 2. The average Bonchev–Trinajstić information content (AvgIpc) is 3.30. The highest BCUT2D eigenvalue weighted by Gasteiger charge is 2.15. The van der Waals surface area contributed by atoms with E-state index in [-0.39, 0.29) is 12.5 Å². The first-order chi connectivity index (χ1) is 16.3. The summed E-state index contributed by atoms with van der Waals surface area (Å²) in [5, 5.41) is 3.42. The molecule has 2 heterocycles. The lowest BCUT2D eigenvalue weighted by atomic mass is 10.1. The van der Waals surface area contributed by atoms with Crippen molar-refractivity contribution in [1.29, 1.82) is 0 Å². The van der Waals surface area contributed by atoms with Crippen LogP contribution in [0.25, 0.3) is 22.3 Å². The van der Waals surface area contributed by atoms with Gasteiger partial charge in [0.25, 0.3) is 11.5 Å². The molecule has 0 aliphatic rings. The Morgan fingerprint density at radius 3 is 2.47 bits per heavy atom. The fourth-order valence-corrected chi connectivity index (χ4v) is 3.69. The van der Waals surface area contributed by atoms with E-state index in [2.05, 4.69) is 10.3 Å². The van der Waals surface area contributed by atoms with Gasteiger partial charge >= 0.3 is 5.69 Å². The molecule has 0 bridgehead atoms. The van der Waals surface area contributed by atoms with Gasteiger partial charge in [0.1, 0.15) is 5.52 Å². The molecule has 0 aliphatic carbocycles. The standard InChI is InChI=1S/C24H23ClN4O5/c1-28-18-11-17(27-22(18)23(31)29(2)24(28)32)15-6-9-19(20(10-15)33-3)34-13-21(30)26-12-14-4-7-16(25)8-5-14/h4-11,27H,12-13H2,1-3H3,(H,26,30). The Morgan fingerprint density at radius 1 is 1.03 bits per heavy atom. The van der Waals surface area contributed by atoms with Crippen LogP contribution in [0, 0.1) is 0 Å². The number of methoxy groups -OCH3 is 1. The van der Waals surface area contributed by atoms with Crippen molar-refractivity contribution in [2.24, 2.45) is 14.1 Å². The fraction of sp³-hybridized carbons (Fsp3) is 0.208. The number of hydrogen-bond acceptors (Lipinski definition) is 5. The molecule has 0 saturated heterocycles. The minimum Gasteiger partial charge on any atom is -0.493 e. The Balaban J connectivity index is 1.49. The van der Waals surface area contributed by atoms with Gasteiger partial charge < -0.3 is 19.8 Å². The number of H-pyrrole nitrogens is 1. The summed E-state index contributed by atoms with van der Waals surface area (Å²) >= 11 is 5.87. The van der Waals surface area contributed by atoms with Crippen LogP contribution in [-0.4, -0.2) is 33.7 Å². The molecule has 2 aromatic heterocycles. The molecule has 9 nitrogen and oxygen atoms in total. The Labute approximate surface area is 199 Å². The molecule has 0 radical (unpaired) electrons. The second kappa shape index (κ2) is 9.48. The van der Waals surface area contributed by atoms with Crippen LogP contribution < -0.4 is 26.0 Å². The Kier molecular flexibility index (Phi) is 6.47. The highest BCUT2D eigenvalue weighted by Crippen LogP contribution is 2.33. The van der Waals surface area contributed by atoms with Crippen molar-refractivity contribution in [1.82, 2.24) is 19.4 Å². The van der Waals surface area contributed by atoms with Crippen molar-refractivity contribution in [3.05, 3.63) is 80.0 Å². The molecule has 2 aromatic carbocycles. The van der Waals surface area contributed by atoms with Crippen molar-refractivity contribution in [3.8, 4) is 22.8 Å². The number of halogens is 1. The molecule has 4 rings (SSSR count). The number of benzene rings is 2. The van der Waals surface area contributed by atoms with E-state index in [9.17, 15) is 14.4 Å². The maximum absolute atomic E-state index is 12.5. The van der Waals surface area contributed by atoms with Gasteiger partial charge in [0.2, 0.25) is 0 Å². The van der Waals surface area contributed by atoms with Crippen molar-refractivity contribution in [2.75, 3.05) is 13.7 Å².